The molecular formula is C32H39ClN2O4S. The minimum atomic E-state index is -1.46. The predicted octanol–water partition coefficient (Wildman–Crippen LogP) is 5.84. The largest absolute Gasteiger partial charge is 0.490 e. The molecule has 40 heavy (non-hydrogen) atoms. The van der Waals surface area contributed by atoms with Crippen LogP contribution in [0.2, 0.25) is 5.02 Å². The molecule has 4 aliphatic rings. The Kier molecular flexibility index (Phi) is 7.99. The van der Waals surface area contributed by atoms with Crippen molar-refractivity contribution < 1.29 is 18.5 Å². The first-order chi connectivity index (χ1) is 19.3. The summed E-state index contributed by atoms with van der Waals surface area (Å²) in [4.78, 5) is 15.7. The molecule has 0 aromatic heterocycles. The van der Waals surface area contributed by atoms with E-state index in [2.05, 4.69) is 40.8 Å². The number of fused-ring (bicyclic) bond motifs is 4. The molecule has 0 radical (unpaired) electrons. The number of anilines is 1. The lowest BCUT2D eigenvalue weighted by atomic mass is 9.68. The van der Waals surface area contributed by atoms with Crippen molar-refractivity contribution in [2.24, 2.45) is 17.8 Å². The second-order valence-electron chi connectivity index (χ2n) is 12.2. The van der Waals surface area contributed by atoms with Crippen molar-refractivity contribution in [1.29, 1.82) is 0 Å². The molecule has 6 atom stereocenters. The van der Waals surface area contributed by atoms with E-state index in [0.717, 1.165) is 68.1 Å². The zero-order chi connectivity index (χ0) is 27.9. The van der Waals surface area contributed by atoms with Gasteiger partial charge in [-0.05, 0) is 97.7 Å². The monoisotopic (exact) mass is 582 g/mol. The van der Waals surface area contributed by atoms with Crippen LogP contribution in [0.5, 0.6) is 5.75 Å². The SMILES string of the molecule is COC1/C=C/CC(C)CS(=O)NC(=O)c2ccc3c(c2)N(CC2CC[C@H]21)CC1(CCCc2cc(Cl)ccc21)CO3. The van der Waals surface area contributed by atoms with Gasteiger partial charge in [-0.25, -0.2) is 4.21 Å². The van der Waals surface area contributed by atoms with Crippen LogP contribution in [0.3, 0.4) is 0 Å². The topological polar surface area (TPSA) is 67.9 Å². The molecule has 2 bridgehead atoms. The number of rotatable bonds is 1. The maximum Gasteiger partial charge on any atom is 0.263 e. The van der Waals surface area contributed by atoms with Crippen molar-refractivity contribution >= 4 is 34.2 Å². The molecule has 2 aromatic carbocycles. The Labute approximate surface area is 245 Å². The molecule has 1 saturated carbocycles. The van der Waals surface area contributed by atoms with Gasteiger partial charge in [0.1, 0.15) is 16.7 Å². The molecule has 5 unspecified atom stereocenters. The zero-order valence-corrected chi connectivity index (χ0v) is 24.9. The van der Waals surface area contributed by atoms with Crippen molar-refractivity contribution in [3.05, 3.63) is 70.3 Å². The van der Waals surface area contributed by atoms with Crippen molar-refractivity contribution in [3.8, 4) is 5.75 Å². The normalized spacial score (nSPS) is 33.0. The Balaban J connectivity index is 1.40. The fraction of sp³-hybridized carbons (Fsp3) is 0.531. The standard InChI is InChI=1S/C32H39ClN2O4S/c1-21-5-3-7-29(38-2)26-11-8-24(26)17-35-19-32(14-4-6-22-15-25(33)10-12-27(22)32)20-39-30-13-9-23(16-28(30)35)31(36)34-40(37)18-21/h3,7,9-10,12-13,15-16,21,24,26,29H,4-6,8,11,14,17-20H2,1-2H3,(H,34,36)/b7-3+/t21?,24?,26-,29?,32?,40?/m1/s1. The third-order valence-electron chi connectivity index (χ3n) is 9.43. The number of hydrogen-bond donors (Lipinski definition) is 1. The van der Waals surface area contributed by atoms with Crippen molar-refractivity contribution in [3.63, 3.8) is 0 Å². The molecule has 1 fully saturated rings. The Hall–Kier alpha value is -2.35. The van der Waals surface area contributed by atoms with E-state index in [1.54, 1.807) is 13.2 Å². The number of amides is 1. The summed E-state index contributed by atoms with van der Waals surface area (Å²) in [5.74, 6) is 1.98. The summed E-state index contributed by atoms with van der Waals surface area (Å²) < 4.78 is 28.1. The number of methoxy groups -OCH3 is 1. The third kappa shape index (κ3) is 5.45. The molecule has 2 aliphatic carbocycles. The van der Waals surface area contributed by atoms with Crippen molar-refractivity contribution in [2.75, 3.05) is 37.5 Å². The van der Waals surface area contributed by atoms with E-state index in [1.165, 1.54) is 11.1 Å². The molecular weight excluding hydrogens is 544 g/mol. The van der Waals surface area contributed by atoms with Crippen LogP contribution in [0.1, 0.15) is 60.5 Å². The van der Waals surface area contributed by atoms with Crippen molar-refractivity contribution in [1.82, 2.24) is 4.72 Å². The highest BCUT2D eigenvalue weighted by Gasteiger charge is 2.44. The van der Waals surface area contributed by atoms with Crippen LogP contribution in [0, 0.1) is 17.8 Å². The molecule has 214 valence electrons. The van der Waals surface area contributed by atoms with Crippen LogP contribution >= 0.6 is 11.6 Å². The molecule has 1 N–H and O–H groups in total. The lowest BCUT2D eigenvalue weighted by Gasteiger charge is -2.46. The summed E-state index contributed by atoms with van der Waals surface area (Å²) in [7, 11) is 0.347. The van der Waals surface area contributed by atoms with E-state index in [4.69, 9.17) is 21.1 Å². The number of carbonyl (C=O) groups excluding carboxylic acids is 1. The van der Waals surface area contributed by atoms with Crippen LogP contribution in [-0.2, 0) is 27.6 Å². The van der Waals surface area contributed by atoms with Crippen LogP contribution in [0.25, 0.3) is 0 Å². The summed E-state index contributed by atoms with van der Waals surface area (Å²) in [6.07, 6.45) is 10.7. The van der Waals surface area contributed by atoms with Gasteiger partial charge in [0.15, 0.2) is 0 Å². The van der Waals surface area contributed by atoms with Gasteiger partial charge in [0.25, 0.3) is 5.91 Å². The summed E-state index contributed by atoms with van der Waals surface area (Å²) >= 11 is 6.41. The molecule has 0 saturated heterocycles. The minimum Gasteiger partial charge on any atom is -0.490 e. The second kappa shape index (κ2) is 11.5. The van der Waals surface area contributed by atoms with Gasteiger partial charge in [-0.2, -0.15) is 0 Å². The number of carbonyl (C=O) groups is 1. The Morgan fingerprint density at radius 2 is 2.08 bits per heavy atom. The smallest absolute Gasteiger partial charge is 0.263 e. The number of ether oxygens (including phenoxy) is 2. The number of benzene rings is 2. The number of aryl methyl sites for hydroxylation is 1. The highest BCUT2D eigenvalue weighted by Crippen LogP contribution is 2.47. The van der Waals surface area contributed by atoms with Crippen LogP contribution in [0.4, 0.5) is 5.69 Å². The van der Waals surface area contributed by atoms with E-state index < -0.39 is 11.0 Å². The first kappa shape index (κ1) is 27.8. The third-order valence-corrected chi connectivity index (χ3v) is 11.0. The van der Waals surface area contributed by atoms with Gasteiger partial charge in [-0.3, -0.25) is 9.52 Å². The fourth-order valence-electron chi connectivity index (χ4n) is 7.16. The first-order valence-electron chi connectivity index (χ1n) is 14.5. The number of nitrogens with zero attached hydrogens (tertiary/aromatic N) is 1. The Morgan fingerprint density at radius 1 is 1.20 bits per heavy atom. The van der Waals surface area contributed by atoms with Gasteiger partial charge < -0.3 is 14.4 Å². The van der Waals surface area contributed by atoms with Crippen LogP contribution < -0.4 is 14.4 Å². The highest BCUT2D eigenvalue weighted by atomic mass is 35.5. The van der Waals surface area contributed by atoms with Gasteiger partial charge in [-0.15, -0.1) is 0 Å². The maximum atomic E-state index is 13.2. The predicted molar refractivity (Wildman–Crippen MR) is 161 cm³/mol. The number of hydrogen-bond acceptors (Lipinski definition) is 5. The molecule has 1 spiro atoms. The summed E-state index contributed by atoms with van der Waals surface area (Å²) in [5, 5.41) is 0.775. The molecule has 2 aliphatic heterocycles. The summed E-state index contributed by atoms with van der Waals surface area (Å²) in [5.41, 5.74) is 3.91. The van der Waals surface area contributed by atoms with E-state index >= 15 is 0 Å². The van der Waals surface area contributed by atoms with Gasteiger partial charge in [-0.1, -0.05) is 36.7 Å². The minimum absolute atomic E-state index is 0.0598. The van der Waals surface area contributed by atoms with Gasteiger partial charge in [0, 0.05) is 42.0 Å². The van der Waals surface area contributed by atoms with Crippen LogP contribution in [0.15, 0.2) is 48.6 Å². The van der Waals surface area contributed by atoms with Gasteiger partial charge in [0.05, 0.1) is 18.4 Å². The van der Waals surface area contributed by atoms with E-state index in [-0.39, 0.29) is 23.3 Å². The average molecular weight is 583 g/mol. The fourth-order valence-corrected chi connectivity index (χ4v) is 8.42. The van der Waals surface area contributed by atoms with Crippen LogP contribution in [-0.4, -0.2) is 48.8 Å². The van der Waals surface area contributed by atoms with Gasteiger partial charge >= 0.3 is 0 Å². The average Bonchev–Trinajstić information content (AvgIpc) is 3.06. The number of allylic oxidation sites excluding steroid dienone is 1. The summed E-state index contributed by atoms with van der Waals surface area (Å²) in [6.45, 7) is 4.32. The van der Waals surface area contributed by atoms with Crippen molar-refractivity contribution in [2.45, 2.75) is 57.0 Å². The quantitative estimate of drug-likeness (QED) is 0.428. The molecule has 8 heteroatoms. The maximum absolute atomic E-state index is 13.2. The number of nitrogens with one attached hydrogen (secondary N) is 1. The number of halogens is 1. The molecule has 2 heterocycles. The first-order valence-corrected chi connectivity index (χ1v) is 16.2. The Bertz CT molecular complexity index is 1330. The van der Waals surface area contributed by atoms with E-state index in [0.29, 0.717) is 29.8 Å². The van der Waals surface area contributed by atoms with Gasteiger partial charge in [0.2, 0.25) is 0 Å². The second-order valence-corrected chi connectivity index (χ2v) is 13.9. The Morgan fingerprint density at radius 3 is 2.88 bits per heavy atom. The zero-order valence-electron chi connectivity index (χ0n) is 23.4. The lowest BCUT2D eigenvalue weighted by molar-refractivity contribution is 0.0131. The molecule has 1 amide bonds. The molecule has 6 rings (SSSR count). The van der Waals surface area contributed by atoms with E-state index in [9.17, 15) is 9.00 Å². The molecule has 2 aromatic rings. The summed E-state index contributed by atoms with van der Waals surface area (Å²) in [6, 6.07) is 11.9. The lowest BCUT2D eigenvalue weighted by Crippen LogP contribution is -2.49. The highest BCUT2D eigenvalue weighted by molar-refractivity contribution is 7.83. The van der Waals surface area contributed by atoms with E-state index in [1.807, 2.05) is 18.2 Å². The molecule has 6 nitrogen and oxygen atoms in total.